The van der Waals surface area contributed by atoms with Gasteiger partial charge < -0.3 is 19.5 Å². The van der Waals surface area contributed by atoms with Crippen molar-refractivity contribution in [2.45, 2.75) is 26.8 Å². The first-order chi connectivity index (χ1) is 12.5. The van der Waals surface area contributed by atoms with Crippen molar-refractivity contribution in [3.8, 4) is 17.2 Å². The molecule has 0 aromatic heterocycles. The molecule has 26 heavy (non-hydrogen) atoms. The number of hydrogen-bond acceptors (Lipinski definition) is 4. The monoisotopic (exact) mass is 361 g/mol. The van der Waals surface area contributed by atoms with E-state index >= 15 is 0 Å². The Morgan fingerprint density at radius 3 is 2.31 bits per heavy atom. The molecule has 0 aliphatic carbocycles. The third-order valence-corrected chi connectivity index (χ3v) is 3.83. The van der Waals surface area contributed by atoms with Crippen LogP contribution in [0.4, 0.5) is 4.39 Å². The zero-order valence-electron chi connectivity index (χ0n) is 15.5. The highest BCUT2D eigenvalue weighted by molar-refractivity contribution is 5.94. The molecular weight excluding hydrogens is 337 g/mol. The van der Waals surface area contributed by atoms with Crippen molar-refractivity contribution in [3.63, 3.8) is 0 Å². The number of benzene rings is 2. The van der Waals surface area contributed by atoms with E-state index in [2.05, 4.69) is 5.32 Å². The van der Waals surface area contributed by atoms with Crippen LogP contribution in [0.1, 0.15) is 42.7 Å². The molecule has 6 heteroatoms. The standard InChI is InChI=1S/C20H24FNO4/c1-5-25-18-10-7-14(12-19(18)26-6-2)13(3)22-20(23)15-8-9-17(24-4)16(21)11-15/h7-13H,5-6H2,1-4H3,(H,22,23)/t13-/m0/s1. The van der Waals surface area contributed by atoms with Crippen LogP contribution in [-0.2, 0) is 0 Å². The van der Waals surface area contributed by atoms with Gasteiger partial charge in [-0.05, 0) is 56.7 Å². The summed E-state index contributed by atoms with van der Waals surface area (Å²) in [4.78, 5) is 12.4. The van der Waals surface area contributed by atoms with Gasteiger partial charge in [0, 0.05) is 5.56 Å². The molecule has 0 bridgehead atoms. The van der Waals surface area contributed by atoms with Gasteiger partial charge in [0.15, 0.2) is 23.1 Å². The lowest BCUT2D eigenvalue weighted by atomic mass is 10.1. The molecule has 1 amide bonds. The van der Waals surface area contributed by atoms with Crippen LogP contribution in [0.2, 0.25) is 0 Å². The topological polar surface area (TPSA) is 56.8 Å². The van der Waals surface area contributed by atoms with Gasteiger partial charge in [-0.1, -0.05) is 6.07 Å². The van der Waals surface area contributed by atoms with Crippen LogP contribution in [-0.4, -0.2) is 26.2 Å². The van der Waals surface area contributed by atoms with E-state index in [1.807, 2.05) is 39.0 Å². The minimum Gasteiger partial charge on any atom is -0.494 e. The van der Waals surface area contributed by atoms with Crippen LogP contribution in [0.5, 0.6) is 17.2 Å². The van der Waals surface area contributed by atoms with Crippen molar-refractivity contribution in [2.75, 3.05) is 20.3 Å². The van der Waals surface area contributed by atoms with Crippen LogP contribution in [0.3, 0.4) is 0 Å². The normalized spacial score (nSPS) is 11.6. The number of methoxy groups -OCH3 is 1. The Morgan fingerprint density at radius 2 is 1.69 bits per heavy atom. The minimum absolute atomic E-state index is 0.0995. The van der Waals surface area contributed by atoms with Gasteiger partial charge in [-0.25, -0.2) is 4.39 Å². The molecule has 2 rings (SSSR count). The second-order valence-electron chi connectivity index (χ2n) is 5.62. The highest BCUT2D eigenvalue weighted by Gasteiger charge is 2.16. The summed E-state index contributed by atoms with van der Waals surface area (Å²) in [6.07, 6.45) is 0. The molecule has 0 saturated carbocycles. The second kappa shape index (κ2) is 9.08. The lowest BCUT2D eigenvalue weighted by molar-refractivity contribution is 0.0939. The molecule has 1 N–H and O–H groups in total. The Morgan fingerprint density at radius 1 is 1.04 bits per heavy atom. The Hall–Kier alpha value is -2.76. The Kier molecular flexibility index (Phi) is 6.83. The van der Waals surface area contributed by atoms with E-state index in [1.165, 1.54) is 19.2 Å². The molecule has 0 fully saturated rings. The third kappa shape index (κ3) is 4.65. The summed E-state index contributed by atoms with van der Waals surface area (Å²) in [5.74, 6) is 0.443. The summed E-state index contributed by atoms with van der Waals surface area (Å²) in [5.41, 5.74) is 1.09. The molecule has 0 spiro atoms. The molecule has 1 atom stereocenters. The maximum Gasteiger partial charge on any atom is 0.251 e. The summed E-state index contributed by atoms with van der Waals surface area (Å²) in [7, 11) is 1.38. The van der Waals surface area contributed by atoms with Gasteiger partial charge in [-0.15, -0.1) is 0 Å². The van der Waals surface area contributed by atoms with Gasteiger partial charge in [-0.2, -0.15) is 0 Å². The molecule has 0 aliphatic heterocycles. The molecule has 0 unspecified atom stereocenters. The summed E-state index contributed by atoms with van der Waals surface area (Å²) in [5, 5.41) is 2.86. The van der Waals surface area contributed by atoms with Crippen molar-refractivity contribution in [2.24, 2.45) is 0 Å². The van der Waals surface area contributed by atoms with E-state index in [4.69, 9.17) is 14.2 Å². The molecule has 0 saturated heterocycles. The first-order valence-electron chi connectivity index (χ1n) is 8.54. The maximum absolute atomic E-state index is 13.8. The molecular formula is C20H24FNO4. The Balaban J connectivity index is 2.15. The molecule has 5 nitrogen and oxygen atoms in total. The predicted molar refractivity (Wildman–Crippen MR) is 97.6 cm³/mol. The number of carbonyl (C=O) groups is 1. The Bertz CT molecular complexity index is 763. The van der Waals surface area contributed by atoms with E-state index in [0.29, 0.717) is 24.7 Å². The van der Waals surface area contributed by atoms with Gasteiger partial charge in [0.2, 0.25) is 0 Å². The average Bonchev–Trinajstić information content (AvgIpc) is 2.63. The number of nitrogens with one attached hydrogen (secondary N) is 1. The van der Waals surface area contributed by atoms with Crippen LogP contribution < -0.4 is 19.5 Å². The lowest BCUT2D eigenvalue weighted by Crippen LogP contribution is -2.26. The summed E-state index contributed by atoms with van der Waals surface area (Å²) in [6.45, 7) is 6.69. The van der Waals surface area contributed by atoms with Crippen molar-refractivity contribution in [1.29, 1.82) is 0 Å². The molecule has 0 aliphatic rings. The van der Waals surface area contributed by atoms with E-state index in [0.717, 1.165) is 11.6 Å². The van der Waals surface area contributed by atoms with Crippen LogP contribution in [0.15, 0.2) is 36.4 Å². The minimum atomic E-state index is -0.576. The molecule has 2 aromatic rings. The van der Waals surface area contributed by atoms with Gasteiger partial charge in [-0.3, -0.25) is 4.79 Å². The van der Waals surface area contributed by atoms with Crippen molar-refractivity contribution in [3.05, 3.63) is 53.3 Å². The van der Waals surface area contributed by atoms with Gasteiger partial charge in [0.25, 0.3) is 5.91 Å². The Labute approximate surface area is 153 Å². The molecule has 0 heterocycles. The number of carbonyl (C=O) groups excluding carboxylic acids is 1. The van der Waals surface area contributed by atoms with Gasteiger partial charge in [0.05, 0.1) is 26.4 Å². The summed E-state index contributed by atoms with van der Waals surface area (Å²) >= 11 is 0. The largest absolute Gasteiger partial charge is 0.494 e. The number of rotatable bonds is 8. The van der Waals surface area contributed by atoms with Crippen molar-refractivity contribution >= 4 is 5.91 Å². The maximum atomic E-state index is 13.8. The highest BCUT2D eigenvalue weighted by atomic mass is 19.1. The third-order valence-electron chi connectivity index (χ3n) is 3.83. The number of amides is 1. The first-order valence-corrected chi connectivity index (χ1v) is 8.54. The SMILES string of the molecule is CCOc1ccc([C@H](C)NC(=O)c2ccc(OC)c(F)c2)cc1OCC. The highest BCUT2D eigenvalue weighted by Crippen LogP contribution is 2.31. The average molecular weight is 361 g/mol. The van der Waals surface area contributed by atoms with Crippen LogP contribution >= 0.6 is 0 Å². The van der Waals surface area contributed by atoms with E-state index in [1.54, 1.807) is 0 Å². The number of ether oxygens (including phenoxy) is 3. The first kappa shape index (κ1) is 19.6. The smallest absolute Gasteiger partial charge is 0.251 e. The fourth-order valence-electron chi connectivity index (χ4n) is 2.51. The molecule has 2 aromatic carbocycles. The van der Waals surface area contributed by atoms with Crippen LogP contribution in [0.25, 0.3) is 0 Å². The fraction of sp³-hybridized carbons (Fsp3) is 0.350. The number of halogens is 1. The fourth-order valence-corrected chi connectivity index (χ4v) is 2.51. The quantitative estimate of drug-likeness (QED) is 0.768. The van der Waals surface area contributed by atoms with Crippen LogP contribution in [0, 0.1) is 5.82 Å². The zero-order chi connectivity index (χ0) is 19.1. The summed E-state index contributed by atoms with van der Waals surface area (Å²) in [6, 6.07) is 9.35. The number of hydrogen-bond donors (Lipinski definition) is 1. The van der Waals surface area contributed by atoms with Gasteiger partial charge >= 0.3 is 0 Å². The van der Waals surface area contributed by atoms with E-state index in [-0.39, 0.29) is 23.3 Å². The molecule has 0 radical (unpaired) electrons. The summed E-state index contributed by atoms with van der Waals surface area (Å²) < 4.78 is 29.8. The second-order valence-corrected chi connectivity index (χ2v) is 5.62. The zero-order valence-corrected chi connectivity index (χ0v) is 15.5. The van der Waals surface area contributed by atoms with E-state index in [9.17, 15) is 9.18 Å². The predicted octanol–water partition coefficient (Wildman–Crippen LogP) is 4.12. The van der Waals surface area contributed by atoms with E-state index < -0.39 is 5.82 Å². The van der Waals surface area contributed by atoms with Crippen molar-refractivity contribution in [1.82, 2.24) is 5.32 Å². The van der Waals surface area contributed by atoms with Crippen molar-refractivity contribution < 1.29 is 23.4 Å². The lowest BCUT2D eigenvalue weighted by Gasteiger charge is -2.17. The molecule has 140 valence electrons. The van der Waals surface area contributed by atoms with Gasteiger partial charge in [0.1, 0.15) is 0 Å².